The number of nitrogens with one attached hydrogen (secondary N) is 1. The lowest BCUT2D eigenvalue weighted by Crippen LogP contribution is -2.13. The van der Waals surface area contributed by atoms with E-state index in [2.05, 4.69) is 10.4 Å². The number of sulfone groups is 1. The van der Waals surface area contributed by atoms with Crippen LogP contribution in [0.5, 0.6) is 0 Å². The quantitative estimate of drug-likeness (QED) is 0.449. The minimum Gasteiger partial charge on any atom is -0.463 e. The summed E-state index contributed by atoms with van der Waals surface area (Å²) >= 11 is 5.98. The molecule has 0 saturated heterocycles. The lowest BCUT2D eigenvalue weighted by molar-refractivity contribution is 0.102. The predicted octanol–water partition coefficient (Wildman–Crippen LogP) is 4.83. The van der Waals surface area contributed by atoms with E-state index in [1.165, 1.54) is 12.1 Å². The molecular formula is C22H18ClN3O4S. The third-order valence-electron chi connectivity index (χ3n) is 4.64. The molecule has 2 heterocycles. The van der Waals surface area contributed by atoms with Gasteiger partial charge in [-0.25, -0.2) is 13.1 Å². The van der Waals surface area contributed by atoms with Gasteiger partial charge in [-0.3, -0.25) is 4.79 Å². The Morgan fingerprint density at radius 2 is 1.81 bits per heavy atom. The van der Waals surface area contributed by atoms with Crippen LogP contribution in [-0.2, 0) is 9.84 Å². The number of amides is 1. The molecule has 0 bridgehead atoms. The number of nitrogens with zero attached hydrogens (tertiary/aromatic N) is 2. The molecule has 0 fully saturated rings. The Bertz CT molecular complexity index is 1310. The van der Waals surface area contributed by atoms with Crippen LogP contribution in [0.2, 0.25) is 5.02 Å². The Hall–Kier alpha value is -3.36. The monoisotopic (exact) mass is 455 g/mol. The largest absolute Gasteiger partial charge is 0.463 e. The fourth-order valence-corrected chi connectivity index (χ4v) is 3.99. The Labute approximate surface area is 184 Å². The fourth-order valence-electron chi connectivity index (χ4n) is 2.98. The number of carbonyl (C=O) groups excluding carboxylic acids is 1. The van der Waals surface area contributed by atoms with Gasteiger partial charge in [0.05, 0.1) is 22.6 Å². The second-order valence-electron chi connectivity index (χ2n) is 6.66. The van der Waals surface area contributed by atoms with Gasteiger partial charge in [-0.2, -0.15) is 5.10 Å². The van der Waals surface area contributed by atoms with Gasteiger partial charge in [-0.05, 0) is 60.7 Å². The molecule has 0 radical (unpaired) electrons. The molecule has 0 atom stereocenters. The molecule has 0 aliphatic carbocycles. The van der Waals surface area contributed by atoms with Crippen LogP contribution in [0, 0.1) is 0 Å². The van der Waals surface area contributed by atoms with E-state index in [0.29, 0.717) is 27.9 Å². The summed E-state index contributed by atoms with van der Waals surface area (Å²) in [7, 11) is -3.30. The Balaban J connectivity index is 1.64. The van der Waals surface area contributed by atoms with Crippen molar-refractivity contribution in [3.05, 3.63) is 83.7 Å². The zero-order chi connectivity index (χ0) is 22.0. The van der Waals surface area contributed by atoms with Crippen molar-refractivity contribution in [3.8, 4) is 17.1 Å². The maximum absolute atomic E-state index is 12.8. The molecule has 4 rings (SSSR count). The summed E-state index contributed by atoms with van der Waals surface area (Å²) in [6, 6.07) is 18.2. The standard InChI is InChI=1S/C22H18ClN3O4S/c1-2-31(28,29)18-11-7-16(8-12-18)24-22(27)19-14-20(21-4-3-13-30-21)26(25-19)17-9-5-15(23)6-10-17/h3-14H,2H2,1H3,(H,24,27). The highest BCUT2D eigenvalue weighted by Gasteiger charge is 2.19. The minimum absolute atomic E-state index is 0.0103. The predicted molar refractivity (Wildman–Crippen MR) is 118 cm³/mol. The van der Waals surface area contributed by atoms with Crippen LogP contribution in [0.4, 0.5) is 5.69 Å². The van der Waals surface area contributed by atoms with Crippen molar-refractivity contribution >= 4 is 33.0 Å². The van der Waals surface area contributed by atoms with Crippen LogP contribution in [0.3, 0.4) is 0 Å². The van der Waals surface area contributed by atoms with Gasteiger partial charge in [-0.15, -0.1) is 0 Å². The van der Waals surface area contributed by atoms with Crippen LogP contribution in [-0.4, -0.2) is 29.9 Å². The molecule has 0 spiro atoms. The molecular weight excluding hydrogens is 438 g/mol. The van der Waals surface area contributed by atoms with Crippen LogP contribution in [0.25, 0.3) is 17.1 Å². The molecule has 31 heavy (non-hydrogen) atoms. The summed E-state index contributed by atoms with van der Waals surface area (Å²) in [5.74, 6) is 0.124. The van der Waals surface area contributed by atoms with Crippen LogP contribution in [0.15, 0.2) is 82.3 Å². The number of hydrogen-bond donors (Lipinski definition) is 1. The van der Waals surface area contributed by atoms with Gasteiger partial charge in [-0.1, -0.05) is 18.5 Å². The summed E-state index contributed by atoms with van der Waals surface area (Å²) < 4.78 is 31.0. The SMILES string of the molecule is CCS(=O)(=O)c1ccc(NC(=O)c2cc(-c3ccco3)n(-c3ccc(Cl)cc3)n2)cc1. The van der Waals surface area contributed by atoms with Crippen molar-refractivity contribution in [2.45, 2.75) is 11.8 Å². The van der Waals surface area contributed by atoms with E-state index in [9.17, 15) is 13.2 Å². The first-order valence-electron chi connectivity index (χ1n) is 9.41. The van der Waals surface area contributed by atoms with Crippen molar-refractivity contribution in [3.63, 3.8) is 0 Å². The average molecular weight is 456 g/mol. The molecule has 0 unspecified atom stereocenters. The summed E-state index contributed by atoms with van der Waals surface area (Å²) in [5.41, 5.74) is 1.94. The van der Waals surface area contributed by atoms with E-state index in [4.69, 9.17) is 16.0 Å². The van der Waals surface area contributed by atoms with Crippen LogP contribution in [0.1, 0.15) is 17.4 Å². The second kappa shape index (κ2) is 8.41. The average Bonchev–Trinajstić information content (AvgIpc) is 3.45. The first-order valence-corrected chi connectivity index (χ1v) is 11.4. The molecule has 0 aliphatic rings. The maximum atomic E-state index is 12.8. The summed E-state index contributed by atoms with van der Waals surface area (Å²) in [6.45, 7) is 1.58. The van der Waals surface area contributed by atoms with Crippen molar-refractivity contribution in [1.29, 1.82) is 0 Å². The molecule has 0 aliphatic heterocycles. The number of carbonyl (C=O) groups is 1. The third-order valence-corrected chi connectivity index (χ3v) is 6.64. The van der Waals surface area contributed by atoms with E-state index in [1.54, 1.807) is 72.5 Å². The lowest BCUT2D eigenvalue weighted by Gasteiger charge is -2.06. The van der Waals surface area contributed by atoms with Gasteiger partial charge in [0.15, 0.2) is 21.3 Å². The van der Waals surface area contributed by atoms with Gasteiger partial charge in [0.1, 0.15) is 5.69 Å². The van der Waals surface area contributed by atoms with Gasteiger partial charge < -0.3 is 9.73 Å². The number of aromatic nitrogens is 2. The highest BCUT2D eigenvalue weighted by molar-refractivity contribution is 7.91. The third kappa shape index (κ3) is 4.40. The highest BCUT2D eigenvalue weighted by Crippen LogP contribution is 2.26. The highest BCUT2D eigenvalue weighted by atomic mass is 35.5. The normalized spacial score (nSPS) is 11.4. The second-order valence-corrected chi connectivity index (χ2v) is 9.38. The smallest absolute Gasteiger partial charge is 0.276 e. The van der Waals surface area contributed by atoms with Crippen molar-refractivity contribution < 1.29 is 17.6 Å². The summed E-state index contributed by atoms with van der Waals surface area (Å²) in [6.07, 6.45) is 1.54. The van der Waals surface area contributed by atoms with Gasteiger partial charge >= 0.3 is 0 Å². The summed E-state index contributed by atoms with van der Waals surface area (Å²) in [4.78, 5) is 13.0. The minimum atomic E-state index is -3.30. The molecule has 9 heteroatoms. The Morgan fingerprint density at radius 3 is 2.42 bits per heavy atom. The Morgan fingerprint density at radius 1 is 1.10 bits per heavy atom. The van der Waals surface area contributed by atoms with Gasteiger partial charge in [0, 0.05) is 16.8 Å². The summed E-state index contributed by atoms with van der Waals surface area (Å²) in [5, 5.41) is 7.76. The molecule has 158 valence electrons. The van der Waals surface area contributed by atoms with E-state index in [0.717, 1.165) is 0 Å². The molecule has 2 aromatic carbocycles. The van der Waals surface area contributed by atoms with Crippen LogP contribution >= 0.6 is 11.6 Å². The van der Waals surface area contributed by atoms with Crippen molar-refractivity contribution in [1.82, 2.24) is 9.78 Å². The fraction of sp³-hybridized carbons (Fsp3) is 0.0909. The molecule has 4 aromatic rings. The lowest BCUT2D eigenvalue weighted by atomic mass is 10.2. The van der Waals surface area contributed by atoms with Gasteiger partial charge in [0.2, 0.25) is 0 Å². The maximum Gasteiger partial charge on any atom is 0.276 e. The molecule has 1 amide bonds. The number of benzene rings is 2. The van der Waals surface area contributed by atoms with E-state index in [-0.39, 0.29) is 16.3 Å². The molecule has 2 aromatic heterocycles. The van der Waals surface area contributed by atoms with Crippen molar-refractivity contribution in [2.24, 2.45) is 0 Å². The zero-order valence-electron chi connectivity index (χ0n) is 16.4. The number of rotatable bonds is 6. The van der Waals surface area contributed by atoms with Gasteiger partial charge in [0.25, 0.3) is 5.91 Å². The first kappa shape index (κ1) is 20.9. The van der Waals surface area contributed by atoms with E-state index < -0.39 is 15.7 Å². The van der Waals surface area contributed by atoms with E-state index in [1.807, 2.05) is 0 Å². The number of anilines is 1. The number of hydrogen-bond acceptors (Lipinski definition) is 5. The van der Waals surface area contributed by atoms with E-state index >= 15 is 0 Å². The number of furan rings is 1. The van der Waals surface area contributed by atoms with Crippen molar-refractivity contribution in [2.75, 3.05) is 11.1 Å². The Kier molecular flexibility index (Phi) is 5.67. The zero-order valence-corrected chi connectivity index (χ0v) is 18.0. The van der Waals surface area contributed by atoms with Crippen LogP contribution < -0.4 is 5.32 Å². The topological polar surface area (TPSA) is 94.2 Å². The molecule has 0 saturated carbocycles. The molecule has 7 nitrogen and oxygen atoms in total. The number of halogens is 1. The molecule has 1 N–H and O–H groups in total. The first-order chi connectivity index (χ1) is 14.9.